The molecule has 26 heavy (non-hydrogen) atoms. The largest absolute Gasteiger partial charge is 0.417 e. The first-order valence-electron chi connectivity index (χ1n) is 8.17. The van der Waals surface area contributed by atoms with Crippen LogP contribution in [0.3, 0.4) is 0 Å². The minimum atomic E-state index is -4.63. The van der Waals surface area contributed by atoms with E-state index < -0.39 is 34.0 Å². The Morgan fingerprint density at radius 1 is 1.23 bits per heavy atom. The van der Waals surface area contributed by atoms with Gasteiger partial charge in [0.05, 0.1) is 10.6 Å². The van der Waals surface area contributed by atoms with E-state index in [-0.39, 0.29) is 5.69 Å². The van der Waals surface area contributed by atoms with Crippen LogP contribution < -0.4 is 10.6 Å². The molecule has 0 aliphatic heterocycles. The van der Waals surface area contributed by atoms with Crippen LogP contribution in [0.15, 0.2) is 18.2 Å². The van der Waals surface area contributed by atoms with Crippen LogP contribution in [0, 0.1) is 5.41 Å². The van der Waals surface area contributed by atoms with E-state index in [9.17, 15) is 22.8 Å². The average molecular weight is 392 g/mol. The number of anilines is 1. The third-order valence-electron chi connectivity index (χ3n) is 4.22. The van der Waals surface area contributed by atoms with Gasteiger partial charge in [-0.05, 0) is 58.1 Å². The van der Waals surface area contributed by atoms with Crippen LogP contribution in [-0.2, 0) is 15.8 Å². The number of hydrogen-bond donors (Lipinski definition) is 2. The lowest BCUT2D eigenvalue weighted by atomic mass is 10.0. The van der Waals surface area contributed by atoms with Crippen LogP contribution in [0.4, 0.5) is 18.9 Å². The van der Waals surface area contributed by atoms with Gasteiger partial charge >= 0.3 is 6.18 Å². The molecule has 0 unspecified atom stereocenters. The number of rotatable bonds is 7. The van der Waals surface area contributed by atoms with Gasteiger partial charge in [0.2, 0.25) is 11.8 Å². The number of benzene rings is 1. The summed E-state index contributed by atoms with van der Waals surface area (Å²) in [5.41, 5.74) is -2.27. The molecule has 1 aromatic carbocycles. The van der Waals surface area contributed by atoms with Gasteiger partial charge in [0.1, 0.15) is 5.41 Å². The van der Waals surface area contributed by atoms with Gasteiger partial charge in [-0.3, -0.25) is 9.59 Å². The second-order valence-corrected chi connectivity index (χ2v) is 7.05. The molecule has 2 N–H and O–H groups in total. The average Bonchev–Trinajstić information content (AvgIpc) is 3.33. The van der Waals surface area contributed by atoms with Crippen molar-refractivity contribution in [1.82, 2.24) is 10.2 Å². The lowest BCUT2D eigenvalue weighted by molar-refractivity contribution is -0.138. The Balaban J connectivity index is 2.00. The van der Waals surface area contributed by atoms with Gasteiger partial charge in [-0.25, -0.2) is 0 Å². The molecular formula is C17H21ClF3N3O2. The molecule has 2 rings (SSSR count). The SMILES string of the molecule is CN(C)CCCNC(=O)C1(C(=O)Nc2ccc(Cl)c(C(F)(F)F)c2)CC1. The fraction of sp³-hybridized carbons (Fsp3) is 0.529. The van der Waals surface area contributed by atoms with Gasteiger partial charge in [0.15, 0.2) is 0 Å². The summed E-state index contributed by atoms with van der Waals surface area (Å²) >= 11 is 5.56. The number of nitrogens with one attached hydrogen (secondary N) is 2. The zero-order valence-corrected chi connectivity index (χ0v) is 15.3. The topological polar surface area (TPSA) is 61.4 Å². The Morgan fingerprint density at radius 3 is 2.42 bits per heavy atom. The second kappa shape index (κ2) is 7.84. The number of carbonyl (C=O) groups excluding carboxylic acids is 2. The zero-order chi connectivity index (χ0) is 19.5. The summed E-state index contributed by atoms with van der Waals surface area (Å²) < 4.78 is 38.7. The third-order valence-corrected chi connectivity index (χ3v) is 4.55. The zero-order valence-electron chi connectivity index (χ0n) is 14.5. The minimum absolute atomic E-state index is 0.0431. The first kappa shape index (κ1) is 20.5. The Hall–Kier alpha value is -1.80. The quantitative estimate of drug-likeness (QED) is 0.554. The fourth-order valence-electron chi connectivity index (χ4n) is 2.52. The van der Waals surface area contributed by atoms with Gasteiger partial charge in [-0.1, -0.05) is 11.6 Å². The van der Waals surface area contributed by atoms with Gasteiger partial charge in [-0.2, -0.15) is 13.2 Å². The molecule has 1 saturated carbocycles. The normalized spacial score (nSPS) is 15.7. The van der Waals surface area contributed by atoms with Gasteiger partial charge < -0.3 is 15.5 Å². The van der Waals surface area contributed by atoms with Crippen LogP contribution in [-0.4, -0.2) is 43.9 Å². The van der Waals surface area contributed by atoms with Crippen molar-refractivity contribution in [3.63, 3.8) is 0 Å². The summed E-state index contributed by atoms with van der Waals surface area (Å²) in [5.74, 6) is -0.989. The number of nitrogens with zero attached hydrogens (tertiary/aromatic N) is 1. The highest BCUT2D eigenvalue weighted by atomic mass is 35.5. The summed E-state index contributed by atoms with van der Waals surface area (Å²) in [5, 5.41) is 4.68. The van der Waals surface area contributed by atoms with Gasteiger partial charge in [0.25, 0.3) is 0 Å². The molecule has 0 radical (unpaired) electrons. The molecular weight excluding hydrogens is 371 g/mol. The summed E-state index contributed by atoms with van der Waals surface area (Å²) in [6.07, 6.45) is -3.14. The highest BCUT2D eigenvalue weighted by molar-refractivity contribution is 6.31. The molecule has 2 amide bonds. The predicted molar refractivity (Wildman–Crippen MR) is 92.9 cm³/mol. The van der Waals surface area contributed by atoms with E-state index in [1.807, 2.05) is 19.0 Å². The Morgan fingerprint density at radius 2 is 1.88 bits per heavy atom. The lowest BCUT2D eigenvalue weighted by Crippen LogP contribution is -2.40. The maximum absolute atomic E-state index is 12.9. The number of alkyl halides is 3. The molecule has 1 aliphatic carbocycles. The molecule has 0 atom stereocenters. The Kier molecular flexibility index (Phi) is 6.18. The van der Waals surface area contributed by atoms with E-state index in [1.54, 1.807) is 0 Å². The van der Waals surface area contributed by atoms with Crippen molar-refractivity contribution in [3.05, 3.63) is 28.8 Å². The van der Waals surface area contributed by atoms with Crippen molar-refractivity contribution in [3.8, 4) is 0 Å². The van der Waals surface area contributed by atoms with E-state index in [1.165, 1.54) is 6.07 Å². The molecule has 0 heterocycles. The smallest absolute Gasteiger partial charge is 0.355 e. The summed E-state index contributed by atoms with van der Waals surface area (Å²) in [6, 6.07) is 3.12. The molecule has 0 spiro atoms. The number of amides is 2. The maximum atomic E-state index is 12.9. The molecule has 0 bridgehead atoms. The van der Waals surface area contributed by atoms with Crippen LogP contribution in [0.1, 0.15) is 24.8 Å². The maximum Gasteiger partial charge on any atom is 0.417 e. The standard InChI is InChI=1S/C17H21ClF3N3O2/c1-24(2)9-3-8-22-14(25)16(6-7-16)15(26)23-11-4-5-13(18)12(10-11)17(19,20)21/h4-5,10H,3,6-9H2,1-2H3,(H,22,25)(H,23,26). The van der Waals surface area contributed by atoms with Crippen LogP contribution in [0.5, 0.6) is 0 Å². The van der Waals surface area contributed by atoms with Crippen molar-refractivity contribution >= 4 is 29.1 Å². The van der Waals surface area contributed by atoms with Crippen molar-refractivity contribution in [1.29, 1.82) is 0 Å². The number of hydrogen-bond acceptors (Lipinski definition) is 3. The van der Waals surface area contributed by atoms with Crippen LogP contribution in [0.2, 0.25) is 5.02 Å². The Bertz CT molecular complexity index is 688. The third kappa shape index (κ3) is 4.88. The van der Waals surface area contributed by atoms with Crippen LogP contribution in [0.25, 0.3) is 0 Å². The molecule has 1 aliphatic rings. The van der Waals surface area contributed by atoms with Gasteiger partial charge in [0, 0.05) is 12.2 Å². The predicted octanol–water partition coefficient (Wildman–Crippen LogP) is 3.15. The molecule has 5 nitrogen and oxygen atoms in total. The second-order valence-electron chi connectivity index (χ2n) is 6.64. The van der Waals surface area contributed by atoms with E-state index in [4.69, 9.17) is 11.6 Å². The highest BCUT2D eigenvalue weighted by Gasteiger charge is 2.56. The highest BCUT2D eigenvalue weighted by Crippen LogP contribution is 2.47. The van der Waals surface area contributed by atoms with Crippen molar-refractivity contribution in [2.45, 2.75) is 25.4 Å². The van der Waals surface area contributed by atoms with E-state index in [0.717, 1.165) is 25.1 Å². The lowest BCUT2D eigenvalue weighted by Gasteiger charge is -2.17. The summed E-state index contributed by atoms with van der Waals surface area (Å²) in [4.78, 5) is 26.7. The van der Waals surface area contributed by atoms with E-state index >= 15 is 0 Å². The number of carbonyl (C=O) groups is 2. The molecule has 144 valence electrons. The first-order valence-corrected chi connectivity index (χ1v) is 8.55. The summed E-state index contributed by atoms with van der Waals surface area (Å²) in [7, 11) is 3.83. The minimum Gasteiger partial charge on any atom is -0.355 e. The van der Waals surface area contributed by atoms with Crippen LogP contribution >= 0.6 is 11.6 Å². The Labute approximate surface area is 154 Å². The van der Waals surface area contributed by atoms with E-state index in [0.29, 0.717) is 19.4 Å². The van der Waals surface area contributed by atoms with Crippen molar-refractivity contribution in [2.24, 2.45) is 5.41 Å². The first-order chi connectivity index (χ1) is 12.1. The van der Waals surface area contributed by atoms with E-state index in [2.05, 4.69) is 10.6 Å². The molecule has 1 fully saturated rings. The fourth-order valence-corrected chi connectivity index (χ4v) is 2.74. The van der Waals surface area contributed by atoms with Gasteiger partial charge in [-0.15, -0.1) is 0 Å². The van der Waals surface area contributed by atoms with Crippen molar-refractivity contribution < 1.29 is 22.8 Å². The molecule has 9 heteroatoms. The number of halogens is 4. The molecule has 0 saturated heterocycles. The summed E-state index contributed by atoms with van der Waals surface area (Å²) in [6.45, 7) is 1.23. The van der Waals surface area contributed by atoms with Crippen molar-refractivity contribution in [2.75, 3.05) is 32.5 Å². The monoisotopic (exact) mass is 391 g/mol. The molecule has 1 aromatic rings. The molecule has 0 aromatic heterocycles.